The Morgan fingerprint density at radius 3 is 2.36 bits per heavy atom. The lowest BCUT2D eigenvalue weighted by Crippen LogP contribution is -2.31. The van der Waals surface area contributed by atoms with Crippen molar-refractivity contribution in [1.82, 2.24) is 0 Å². The molecule has 0 spiro atoms. The van der Waals surface area contributed by atoms with Gasteiger partial charge in [0.2, 0.25) is 0 Å². The summed E-state index contributed by atoms with van der Waals surface area (Å²) >= 11 is 0. The average Bonchev–Trinajstić information content (AvgIpc) is 3.15. The Balaban J connectivity index is 2.29. The van der Waals surface area contributed by atoms with E-state index in [1.54, 1.807) is 39.8 Å². The third-order valence-corrected chi connectivity index (χ3v) is 3.67. The summed E-state index contributed by atoms with van der Waals surface area (Å²) in [6.07, 6.45) is 0.367. The maximum Gasteiger partial charge on any atom is 0.317 e. The Labute approximate surface area is 130 Å². The van der Waals surface area contributed by atoms with E-state index >= 15 is 0 Å². The maximum absolute atomic E-state index is 12.4. The highest BCUT2D eigenvalue weighted by Crippen LogP contribution is 2.56. The highest BCUT2D eigenvalue weighted by atomic mass is 16.6. The van der Waals surface area contributed by atoms with Crippen molar-refractivity contribution < 1.29 is 24.2 Å². The van der Waals surface area contributed by atoms with Gasteiger partial charge in [-0.15, -0.1) is 0 Å². The first-order valence-electron chi connectivity index (χ1n) is 7.40. The minimum absolute atomic E-state index is 0.109. The number of hydrogen-bond donors (Lipinski definition) is 1. The van der Waals surface area contributed by atoms with Gasteiger partial charge < -0.3 is 14.6 Å². The van der Waals surface area contributed by atoms with Crippen LogP contribution in [0.3, 0.4) is 0 Å². The third-order valence-electron chi connectivity index (χ3n) is 3.67. The molecule has 2 unspecified atom stereocenters. The molecule has 0 amide bonds. The van der Waals surface area contributed by atoms with Crippen molar-refractivity contribution in [2.75, 3.05) is 6.61 Å². The molecular weight excluding hydrogens is 284 g/mol. The summed E-state index contributed by atoms with van der Waals surface area (Å²) in [5.41, 5.74) is -0.930. The maximum atomic E-state index is 12.4. The van der Waals surface area contributed by atoms with E-state index < -0.39 is 28.9 Å². The fraction of sp³-hybridized carbons (Fsp3) is 0.529. The fourth-order valence-corrected chi connectivity index (χ4v) is 2.60. The molecule has 1 N–H and O–H groups in total. The minimum atomic E-state index is -0.994. The normalized spacial score (nSPS) is 23.7. The standard InChI is InChI=1S/C17H22O5/c1-5-21-15(20)17(11-6-8-12(18)9-7-11)10-13(17)14(19)22-16(2,3)4/h6-9,13,18H,5,10H2,1-4H3. The van der Waals surface area contributed by atoms with Crippen molar-refractivity contribution in [2.45, 2.75) is 45.1 Å². The lowest BCUT2D eigenvalue weighted by Gasteiger charge is -2.21. The first-order chi connectivity index (χ1) is 10.2. The van der Waals surface area contributed by atoms with Crippen LogP contribution in [0, 0.1) is 5.92 Å². The first kappa shape index (κ1) is 16.3. The van der Waals surface area contributed by atoms with Crippen molar-refractivity contribution in [3.63, 3.8) is 0 Å². The Morgan fingerprint density at radius 2 is 1.86 bits per heavy atom. The number of ether oxygens (including phenoxy) is 2. The van der Waals surface area contributed by atoms with Crippen LogP contribution in [-0.2, 0) is 24.5 Å². The zero-order valence-corrected chi connectivity index (χ0v) is 13.4. The van der Waals surface area contributed by atoms with Crippen LogP contribution in [0.25, 0.3) is 0 Å². The quantitative estimate of drug-likeness (QED) is 0.865. The van der Waals surface area contributed by atoms with E-state index in [2.05, 4.69) is 0 Å². The molecule has 0 aromatic heterocycles. The van der Waals surface area contributed by atoms with Crippen LogP contribution in [0.4, 0.5) is 0 Å². The number of benzene rings is 1. The minimum Gasteiger partial charge on any atom is -0.508 e. The van der Waals surface area contributed by atoms with Crippen molar-refractivity contribution in [2.24, 2.45) is 5.92 Å². The smallest absolute Gasteiger partial charge is 0.317 e. The second-order valence-electron chi connectivity index (χ2n) is 6.53. The molecule has 0 aliphatic heterocycles. The van der Waals surface area contributed by atoms with Crippen LogP contribution in [0.2, 0.25) is 0 Å². The van der Waals surface area contributed by atoms with Crippen LogP contribution in [-0.4, -0.2) is 29.3 Å². The summed E-state index contributed by atoms with van der Waals surface area (Å²) in [4.78, 5) is 24.7. The summed E-state index contributed by atoms with van der Waals surface area (Å²) in [6, 6.07) is 6.30. The number of phenolic OH excluding ortho intramolecular Hbond substituents is 1. The molecule has 0 heterocycles. The van der Waals surface area contributed by atoms with Crippen molar-refractivity contribution in [3.05, 3.63) is 29.8 Å². The van der Waals surface area contributed by atoms with Gasteiger partial charge in [-0.3, -0.25) is 9.59 Å². The van der Waals surface area contributed by atoms with Crippen molar-refractivity contribution in [1.29, 1.82) is 0 Å². The Bertz CT molecular complexity index is 570. The fourth-order valence-electron chi connectivity index (χ4n) is 2.60. The van der Waals surface area contributed by atoms with Gasteiger partial charge in [0.15, 0.2) is 0 Å². The molecule has 22 heavy (non-hydrogen) atoms. The third kappa shape index (κ3) is 3.08. The molecule has 0 radical (unpaired) electrons. The topological polar surface area (TPSA) is 72.8 Å². The van der Waals surface area contributed by atoms with Crippen molar-refractivity contribution >= 4 is 11.9 Å². The van der Waals surface area contributed by atoms with Gasteiger partial charge >= 0.3 is 11.9 Å². The number of carbonyl (C=O) groups is 2. The Morgan fingerprint density at radius 1 is 1.27 bits per heavy atom. The summed E-state index contributed by atoms with van der Waals surface area (Å²) in [5, 5.41) is 9.40. The van der Waals surface area contributed by atoms with Crippen LogP contribution < -0.4 is 0 Å². The summed E-state index contributed by atoms with van der Waals surface area (Å²) < 4.78 is 10.5. The van der Waals surface area contributed by atoms with Gasteiger partial charge in [-0.2, -0.15) is 0 Å². The summed E-state index contributed by atoms with van der Waals surface area (Å²) in [5.74, 6) is -1.25. The summed E-state index contributed by atoms with van der Waals surface area (Å²) in [6.45, 7) is 7.35. The van der Waals surface area contributed by atoms with Crippen molar-refractivity contribution in [3.8, 4) is 5.75 Å². The van der Waals surface area contributed by atoms with Crippen LogP contribution in [0.1, 0.15) is 39.7 Å². The lowest BCUT2D eigenvalue weighted by atomic mass is 9.93. The molecule has 1 fully saturated rings. The predicted molar refractivity (Wildman–Crippen MR) is 80.4 cm³/mol. The first-order valence-corrected chi connectivity index (χ1v) is 7.40. The highest BCUT2D eigenvalue weighted by molar-refractivity contribution is 5.96. The molecule has 2 atom stereocenters. The van der Waals surface area contributed by atoms with Crippen LogP contribution >= 0.6 is 0 Å². The molecule has 0 bridgehead atoms. The van der Waals surface area contributed by atoms with Gasteiger partial charge in [0.1, 0.15) is 16.8 Å². The highest BCUT2D eigenvalue weighted by Gasteiger charge is 2.67. The van der Waals surface area contributed by atoms with Gasteiger partial charge in [-0.25, -0.2) is 0 Å². The number of hydrogen-bond acceptors (Lipinski definition) is 5. The molecular formula is C17H22O5. The van der Waals surface area contributed by atoms with Gasteiger partial charge in [0.25, 0.3) is 0 Å². The summed E-state index contributed by atoms with van der Waals surface area (Å²) in [7, 11) is 0. The molecule has 1 saturated carbocycles. The van der Waals surface area contributed by atoms with Gasteiger partial charge in [0, 0.05) is 0 Å². The number of phenols is 1. The molecule has 120 valence electrons. The molecule has 1 aromatic carbocycles. The zero-order chi connectivity index (χ0) is 16.5. The molecule has 1 aromatic rings. The Kier molecular flexibility index (Phi) is 4.18. The number of rotatable bonds is 4. The molecule has 5 nitrogen and oxygen atoms in total. The Hall–Kier alpha value is -2.04. The average molecular weight is 306 g/mol. The van der Waals surface area contributed by atoms with E-state index in [9.17, 15) is 14.7 Å². The molecule has 1 aliphatic rings. The van der Waals surface area contributed by atoms with Crippen LogP contribution in [0.15, 0.2) is 24.3 Å². The SMILES string of the molecule is CCOC(=O)C1(c2ccc(O)cc2)CC1C(=O)OC(C)(C)C. The van der Waals surface area contributed by atoms with E-state index in [4.69, 9.17) is 9.47 Å². The lowest BCUT2D eigenvalue weighted by molar-refractivity contribution is -0.160. The van der Waals surface area contributed by atoms with Crippen LogP contribution in [0.5, 0.6) is 5.75 Å². The molecule has 0 saturated heterocycles. The monoisotopic (exact) mass is 306 g/mol. The molecule has 2 rings (SSSR count). The molecule has 5 heteroatoms. The number of esters is 2. The number of aromatic hydroxyl groups is 1. The van der Waals surface area contributed by atoms with E-state index in [0.29, 0.717) is 12.0 Å². The predicted octanol–water partition coefficient (Wildman–Crippen LogP) is 2.55. The van der Waals surface area contributed by atoms with E-state index in [-0.39, 0.29) is 12.4 Å². The van der Waals surface area contributed by atoms with E-state index in [1.165, 1.54) is 12.1 Å². The van der Waals surface area contributed by atoms with Gasteiger partial charge in [-0.05, 0) is 51.8 Å². The van der Waals surface area contributed by atoms with E-state index in [1.807, 2.05) is 0 Å². The largest absolute Gasteiger partial charge is 0.508 e. The van der Waals surface area contributed by atoms with Gasteiger partial charge in [0.05, 0.1) is 12.5 Å². The molecule has 1 aliphatic carbocycles. The zero-order valence-electron chi connectivity index (χ0n) is 13.4. The second-order valence-corrected chi connectivity index (χ2v) is 6.53. The second kappa shape index (κ2) is 5.63. The number of carbonyl (C=O) groups excluding carboxylic acids is 2. The van der Waals surface area contributed by atoms with E-state index in [0.717, 1.165) is 0 Å². The van der Waals surface area contributed by atoms with Gasteiger partial charge in [-0.1, -0.05) is 12.1 Å².